The number of carboxylic acids is 1. The van der Waals surface area contributed by atoms with Crippen LogP contribution in [0.25, 0.3) is 0 Å². The Morgan fingerprint density at radius 2 is 2.22 bits per heavy atom. The van der Waals surface area contributed by atoms with E-state index in [1.807, 2.05) is 30.1 Å². The Kier molecular flexibility index (Phi) is 3.66. The molecule has 0 saturated carbocycles. The first kappa shape index (κ1) is 12.6. The molecule has 1 saturated heterocycles. The van der Waals surface area contributed by atoms with E-state index in [-0.39, 0.29) is 5.91 Å². The molecule has 6 nitrogen and oxygen atoms in total. The van der Waals surface area contributed by atoms with Gasteiger partial charge in [-0.1, -0.05) is 0 Å². The van der Waals surface area contributed by atoms with Crippen LogP contribution in [0.1, 0.15) is 18.4 Å². The highest BCUT2D eigenvalue weighted by Crippen LogP contribution is 2.20. The Hall–Kier alpha value is -1.82. The molecule has 1 aliphatic rings. The number of aromatic nitrogens is 1. The minimum atomic E-state index is -1.01. The molecule has 1 aromatic heterocycles. The van der Waals surface area contributed by atoms with Gasteiger partial charge in [-0.3, -0.25) is 4.79 Å². The van der Waals surface area contributed by atoms with E-state index in [1.54, 1.807) is 0 Å². The molecule has 0 spiro atoms. The number of carbonyl (C=O) groups excluding carboxylic acids is 1. The lowest BCUT2D eigenvalue weighted by atomic mass is 10.2. The maximum absolute atomic E-state index is 11.8. The predicted octanol–water partition coefficient (Wildman–Crippen LogP) is 0.273. The minimum Gasteiger partial charge on any atom is -0.479 e. The molecule has 1 amide bonds. The van der Waals surface area contributed by atoms with Crippen LogP contribution in [-0.4, -0.2) is 33.8 Å². The van der Waals surface area contributed by atoms with Crippen LogP contribution in [0.3, 0.4) is 0 Å². The van der Waals surface area contributed by atoms with Gasteiger partial charge in [-0.05, 0) is 24.5 Å². The number of carboxylic acid groups (broad SMARTS) is 1. The number of rotatable bonds is 4. The van der Waals surface area contributed by atoms with E-state index >= 15 is 0 Å². The average molecular weight is 252 g/mol. The third-order valence-corrected chi connectivity index (χ3v) is 2.95. The molecule has 2 N–H and O–H groups in total. The highest BCUT2D eigenvalue weighted by Gasteiger charge is 2.34. The summed E-state index contributed by atoms with van der Waals surface area (Å²) in [5, 5.41) is 11.5. The van der Waals surface area contributed by atoms with Crippen LogP contribution in [0, 0.1) is 0 Å². The van der Waals surface area contributed by atoms with Gasteiger partial charge in [0.15, 0.2) is 6.10 Å². The number of nitrogens with one attached hydrogen (secondary N) is 1. The van der Waals surface area contributed by atoms with Crippen LogP contribution in [0.4, 0.5) is 0 Å². The van der Waals surface area contributed by atoms with Crippen molar-refractivity contribution in [3.63, 3.8) is 0 Å². The molecule has 0 bridgehead atoms. The maximum atomic E-state index is 11.8. The fraction of sp³-hybridized carbons (Fsp3) is 0.500. The first-order valence-electron chi connectivity index (χ1n) is 5.83. The Morgan fingerprint density at radius 3 is 2.78 bits per heavy atom. The van der Waals surface area contributed by atoms with Crippen molar-refractivity contribution in [2.45, 2.75) is 31.6 Å². The summed E-state index contributed by atoms with van der Waals surface area (Å²) in [6, 6.07) is 1.91. The molecule has 1 fully saturated rings. The molecule has 18 heavy (non-hydrogen) atoms. The fourth-order valence-corrected chi connectivity index (χ4v) is 1.98. The maximum Gasteiger partial charge on any atom is 0.332 e. The minimum absolute atomic E-state index is 0.248. The Bertz CT molecular complexity index is 455. The number of amides is 1. The van der Waals surface area contributed by atoms with Gasteiger partial charge >= 0.3 is 5.97 Å². The standard InChI is InChI=1S/C12H16N2O4/c1-14-5-4-8(7-14)6-13-11(15)9-2-3-10(18-9)12(16)17/h4-5,7,9-10H,2-3,6H2,1H3,(H,13,15)(H,16,17). The smallest absolute Gasteiger partial charge is 0.332 e. The quantitative estimate of drug-likeness (QED) is 0.806. The largest absolute Gasteiger partial charge is 0.479 e. The lowest BCUT2D eigenvalue weighted by Gasteiger charge is -2.11. The Morgan fingerprint density at radius 1 is 1.50 bits per heavy atom. The second kappa shape index (κ2) is 5.22. The van der Waals surface area contributed by atoms with Gasteiger partial charge < -0.3 is 19.7 Å². The van der Waals surface area contributed by atoms with Crippen molar-refractivity contribution in [3.05, 3.63) is 24.0 Å². The third kappa shape index (κ3) is 2.89. The normalized spacial score (nSPS) is 22.9. The van der Waals surface area contributed by atoms with Gasteiger partial charge in [0.05, 0.1) is 0 Å². The van der Waals surface area contributed by atoms with E-state index in [4.69, 9.17) is 9.84 Å². The molecule has 2 atom stereocenters. The van der Waals surface area contributed by atoms with Gasteiger partial charge in [0.25, 0.3) is 0 Å². The average Bonchev–Trinajstić information content (AvgIpc) is 2.94. The van der Waals surface area contributed by atoms with E-state index in [2.05, 4.69) is 5.32 Å². The van der Waals surface area contributed by atoms with E-state index < -0.39 is 18.2 Å². The fourth-order valence-electron chi connectivity index (χ4n) is 1.98. The molecule has 0 aromatic carbocycles. The summed E-state index contributed by atoms with van der Waals surface area (Å²) in [5.41, 5.74) is 0.999. The third-order valence-electron chi connectivity index (χ3n) is 2.95. The van der Waals surface area contributed by atoms with Crippen LogP contribution in [0.2, 0.25) is 0 Å². The highest BCUT2D eigenvalue weighted by molar-refractivity contribution is 5.82. The van der Waals surface area contributed by atoms with Crippen LogP contribution in [0.5, 0.6) is 0 Å². The molecule has 6 heteroatoms. The summed E-state index contributed by atoms with van der Waals surface area (Å²) in [7, 11) is 1.91. The zero-order valence-electron chi connectivity index (χ0n) is 10.1. The zero-order valence-corrected chi connectivity index (χ0v) is 10.1. The molecule has 2 rings (SSSR count). The first-order valence-corrected chi connectivity index (χ1v) is 5.83. The summed E-state index contributed by atoms with van der Waals surface area (Å²) in [6.45, 7) is 0.428. The second-order valence-corrected chi connectivity index (χ2v) is 4.43. The van der Waals surface area contributed by atoms with Gasteiger partial charge in [-0.2, -0.15) is 0 Å². The van der Waals surface area contributed by atoms with Gasteiger partial charge in [0, 0.05) is 26.0 Å². The number of aliphatic carboxylic acids is 1. The SMILES string of the molecule is Cn1ccc(CNC(=O)C2CCC(C(=O)O)O2)c1. The Labute approximate surface area is 105 Å². The van der Waals surface area contributed by atoms with E-state index in [0.717, 1.165) is 5.56 Å². The van der Waals surface area contributed by atoms with Crippen LogP contribution < -0.4 is 5.32 Å². The summed E-state index contributed by atoms with van der Waals surface area (Å²) < 4.78 is 7.06. The topological polar surface area (TPSA) is 80.6 Å². The van der Waals surface area contributed by atoms with Gasteiger partial charge in [-0.15, -0.1) is 0 Å². The first-order chi connectivity index (χ1) is 8.56. The molecular weight excluding hydrogens is 236 g/mol. The molecular formula is C12H16N2O4. The number of ether oxygens (including phenoxy) is 1. The molecule has 1 aliphatic heterocycles. The molecule has 98 valence electrons. The van der Waals surface area contributed by atoms with Gasteiger partial charge in [0.1, 0.15) is 6.10 Å². The Balaban J connectivity index is 1.80. The molecule has 2 unspecified atom stereocenters. The van der Waals surface area contributed by atoms with Crippen molar-refractivity contribution < 1.29 is 19.4 Å². The highest BCUT2D eigenvalue weighted by atomic mass is 16.5. The van der Waals surface area contributed by atoms with Gasteiger partial charge in [0.2, 0.25) is 5.91 Å². The zero-order chi connectivity index (χ0) is 13.1. The van der Waals surface area contributed by atoms with E-state index in [9.17, 15) is 9.59 Å². The lowest BCUT2D eigenvalue weighted by molar-refractivity contribution is -0.151. The van der Waals surface area contributed by atoms with Crippen molar-refractivity contribution in [1.29, 1.82) is 0 Å². The number of nitrogens with zero attached hydrogens (tertiary/aromatic N) is 1. The van der Waals surface area contributed by atoms with Crippen LogP contribution in [-0.2, 0) is 27.9 Å². The monoisotopic (exact) mass is 252 g/mol. The predicted molar refractivity (Wildman–Crippen MR) is 62.8 cm³/mol. The number of carbonyl (C=O) groups is 2. The van der Waals surface area contributed by atoms with E-state index in [0.29, 0.717) is 19.4 Å². The van der Waals surface area contributed by atoms with Crippen molar-refractivity contribution in [3.8, 4) is 0 Å². The number of aryl methyl sites for hydroxylation is 1. The summed E-state index contributed by atoms with van der Waals surface area (Å²) in [5.74, 6) is -1.25. The number of hydrogen-bond donors (Lipinski definition) is 2. The van der Waals surface area contributed by atoms with Crippen molar-refractivity contribution in [2.24, 2.45) is 7.05 Å². The molecule has 0 aliphatic carbocycles. The summed E-state index contributed by atoms with van der Waals surface area (Å²) >= 11 is 0. The lowest BCUT2D eigenvalue weighted by Crippen LogP contribution is -2.35. The summed E-state index contributed by atoms with van der Waals surface area (Å²) in [6.07, 6.45) is 3.16. The summed E-state index contributed by atoms with van der Waals surface area (Å²) in [4.78, 5) is 22.5. The van der Waals surface area contributed by atoms with Crippen molar-refractivity contribution in [1.82, 2.24) is 9.88 Å². The van der Waals surface area contributed by atoms with Crippen LogP contribution in [0.15, 0.2) is 18.5 Å². The van der Waals surface area contributed by atoms with Crippen LogP contribution >= 0.6 is 0 Å². The van der Waals surface area contributed by atoms with Gasteiger partial charge in [-0.25, -0.2) is 4.79 Å². The molecule has 1 aromatic rings. The second-order valence-electron chi connectivity index (χ2n) is 4.43. The van der Waals surface area contributed by atoms with E-state index in [1.165, 1.54) is 0 Å². The van der Waals surface area contributed by atoms with Crippen molar-refractivity contribution >= 4 is 11.9 Å². The number of hydrogen-bond acceptors (Lipinski definition) is 3. The molecule has 0 radical (unpaired) electrons. The molecule has 2 heterocycles. The van der Waals surface area contributed by atoms with Crippen molar-refractivity contribution in [2.75, 3.05) is 0 Å².